The van der Waals surface area contributed by atoms with Crippen molar-refractivity contribution in [2.24, 2.45) is 0 Å². The van der Waals surface area contributed by atoms with Gasteiger partial charge in [-0.1, -0.05) is 0 Å². The second kappa shape index (κ2) is 3.18. The van der Waals surface area contributed by atoms with Crippen molar-refractivity contribution in [3.8, 4) is 0 Å². The molecule has 0 amide bonds. The average molecular weight is 156 g/mol. The molecule has 0 aromatic rings. The van der Waals surface area contributed by atoms with Gasteiger partial charge in [0.2, 0.25) is 0 Å². The molecule has 0 aromatic carbocycles. The summed E-state index contributed by atoms with van der Waals surface area (Å²) in [7, 11) is 0. The van der Waals surface area contributed by atoms with Crippen LogP contribution < -0.4 is 0 Å². The average Bonchev–Trinajstić information content (AvgIpc) is 2.31. The number of carboxylic acids is 1. The van der Waals surface area contributed by atoms with E-state index in [0.717, 1.165) is 0 Å². The molecule has 0 fully saturated rings. The van der Waals surface area contributed by atoms with Crippen molar-refractivity contribution in [1.29, 1.82) is 0 Å². The van der Waals surface area contributed by atoms with Crippen molar-refractivity contribution in [2.75, 3.05) is 6.61 Å². The number of aliphatic carboxylic acids is 1. The molecule has 0 aromatic heterocycles. The Morgan fingerprint density at radius 1 is 1.73 bits per heavy atom. The van der Waals surface area contributed by atoms with E-state index >= 15 is 0 Å². The van der Waals surface area contributed by atoms with E-state index in [1.54, 1.807) is 6.08 Å². The van der Waals surface area contributed by atoms with Gasteiger partial charge in [0, 0.05) is 12.0 Å². The topological polar surface area (TPSA) is 63.6 Å². The van der Waals surface area contributed by atoms with E-state index in [0.29, 0.717) is 5.57 Å². The van der Waals surface area contributed by atoms with Crippen LogP contribution in [0.2, 0.25) is 0 Å². The lowest BCUT2D eigenvalue weighted by Gasteiger charge is -1.94. The summed E-state index contributed by atoms with van der Waals surface area (Å²) in [5.74, 6) is -1.28. The highest BCUT2D eigenvalue weighted by Crippen LogP contribution is 2.12. The number of cyclic esters (lactones) is 1. The van der Waals surface area contributed by atoms with Crippen molar-refractivity contribution in [2.45, 2.75) is 12.8 Å². The molecule has 0 atom stereocenters. The predicted octanol–water partition coefficient (Wildman–Crippen LogP) is 0.334. The lowest BCUT2D eigenvalue weighted by atomic mass is 10.1. The minimum atomic E-state index is -0.898. The molecule has 4 nitrogen and oxygen atoms in total. The summed E-state index contributed by atoms with van der Waals surface area (Å²) >= 11 is 0. The largest absolute Gasteiger partial charge is 0.481 e. The Balaban J connectivity index is 2.37. The lowest BCUT2D eigenvalue weighted by molar-refractivity contribution is -0.137. The van der Waals surface area contributed by atoms with Gasteiger partial charge in [-0.25, -0.2) is 4.79 Å². The standard InChI is InChI=1S/C7H8O4/c8-6(9)2-1-5-3-4-11-7(5)10/h3H,1-2,4H2,(H,8,9). The van der Waals surface area contributed by atoms with Crippen LogP contribution in [0, 0.1) is 0 Å². The fourth-order valence-corrected chi connectivity index (χ4v) is 0.840. The molecule has 1 aliphatic heterocycles. The quantitative estimate of drug-likeness (QED) is 0.598. The Morgan fingerprint density at radius 2 is 2.45 bits per heavy atom. The molecule has 0 unspecified atom stereocenters. The van der Waals surface area contributed by atoms with Gasteiger partial charge >= 0.3 is 11.9 Å². The second-order valence-corrected chi connectivity index (χ2v) is 2.22. The van der Waals surface area contributed by atoms with E-state index in [2.05, 4.69) is 4.74 Å². The van der Waals surface area contributed by atoms with E-state index in [1.165, 1.54) is 0 Å². The lowest BCUT2D eigenvalue weighted by Crippen LogP contribution is -2.02. The maximum absolute atomic E-state index is 10.7. The van der Waals surface area contributed by atoms with Crippen molar-refractivity contribution in [3.05, 3.63) is 11.6 Å². The van der Waals surface area contributed by atoms with Crippen molar-refractivity contribution in [3.63, 3.8) is 0 Å². The monoisotopic (exact) mass is 156 g/mol. The first-order valence-corrected chi connectivity index (χ1v) is 3.28. The minimum absolute atomic E-state index is 0.0130. The van der Waals surface area contributed by atoms with Gasteiger partial charge < -0.3 is 9.84 Å². The Hall–Kier alpha value is -1.32. The summed E-state index contributed by atoms with van der Waals surface area (Å²) in [6.45, 7) is 0.286. The van der Waals surface area contributed by atoms with Crippen LogP contribution >= 0.6 is 0 Å². The van der Waals surface area contributed by atoms with E-state index in [4.69, 9.17) is 5.11 Å². The van der Waals surface area contributed by atoms with Gasteiger partial charge in [-0.05, 0) is 12.5 Å². The molecular formula is C7H8O4. The molecule has 0 saturated heterocycles. The molecule has 1 rings (SSSR count). The van der Waals surface area contributed by atoms with Gasteiger partial charge in [-0.15, -0.1) is 0 Å². The van der Waals surface area contributed by atoms with E-state index in [1.807, 2.05) is 0 Å². The maximum atomic E-state index is 10.7. The number of rotatable bonds is 3. The zero-order chi connectivity index (χ0) is 8.27. The number of hydrogen-bond acceptors (Lipinski definition) is 3. The molecule has 0 saturated carbocycles. The third kappa shape index (κ3) is 2.07. The third-order valence-corrected chi connectivity index (χ3v) is 1.41. The number of esters is 1. The summed E-state index contributed by atoms with van der Waals surface area (Å²) in [6.07, 6.45) is 1.88. The molecule has 4 heteroatoms. The number of carboxylic acid groups (broad SMARTS) is 1. The van der Waals surface area contributed by atoms with Gasteiger partial charge in [0.25, 0.3) is 0 Å². The molecule has 0 radical (unpaired) electrons. The normalized spacial score (nSPS) is 16.0. The first-order chi connectivity index (χ1) is 5.20. The zero-order valence-corrected chi connectivity index (χ0v) is 5.87. The molecule has 1 heterocycles. The number of carbonyl (C=O) groups is 2. The second-order valence-electron chi connectivity index (χ2n) is 2.22. The van der Waals surface area contributed by atoms with E-state index < -0.39 is 5.97 Å². The van der Waals surface area contributed by atoms with Crippen LogP contribution in [0.3, 0.4) is 0 Å². The smallest absolute Gasteiger partial charge is 0.334 e. The van der Waals surface area contributed by atoms with Crippen LogP contribution in [-0.2, 0) is 14.3 Å². The van der Waals surface area contributed by atoms with Gasteiger partial charge in [-0.3, -0.25) is 4.79 Å². The molecule has 1 N–H and O–H groups in total. The molecule has 11 heavy (non-hydrogen) atoms. The number of ether oxygens (including phenoxy) is 1. The summed E-state index contributed by atoms with van der Waals surface area (Å²) in [5.41, 5.74) is 0.479. The maximum Gasteiger partial charge on any atom is 0.334 e. The van der Waals surface area contributed by atoms with Crippen molar-refractivity contribution >= 4 is 11.9 Å². The van der Waals surface area contributed by atoms with Gasteiger partial charge in [0.05, 0.1) is 0 Å². The fourth-order valence-electron chi connectivity index (χ4n) is 0.840. The van der Waals surface area contributed by atoms with Crippen LogP contribution in [0.15, 0.2) is 11.6 Å². The Morgan fingerprint density at radius 3 is 2.91 bits per heavy atom. The SMILES string of the molecule is O=C(O)CCC1=CCOC1=O. The molecule has 1 aliphatic rings. The summed E-state index contributed by atoms with van der Waals surface area (Å²) in [6, 6.07) is 0. The highest BCUT2D eigenvalue weighted by atomic mass is 16.5. The Kier molecular flexibility index (Phi) is 2.25. The molecule has 0 spiro atoms. The highest BCUT2D eigenvalue weighted by molar-refractivity contribution is 5.90. The van der Waals surface area contributed by atoms with Gasteiger partial charge in [0.1, 0.15) is 6.61 Å². The van der Waals surface area contributed by atoms with Crippen LogP contribution in [-0.4, -0.2) is 23.7 Å². The van der Waals surface area contributed by atoms with Crippen molar-refractivity contribution in [1.82, 2.24) is 0 Å². The third-order valence-electron chi connectivity index (χ3n) is 1.41. The Bertz CT molecular complexity index is 216. The Labute approximate surface area is 63.5 Å². The summed E-state index contributed by atoms with van der Waals surface area (Å²) in [5, 5.41) is 8.28. The molecular weight excluding hydrogens is 148 g/mol. The predicted molar refractivity (Wildman–Crippen MR) is 35.9 cm³/mol. The zero-order valence-electron chi connectivity index (χ0n) is 5.87. The van der Waals surface area contributed by atoms with E-state index in [-0.39, 0.29) is 25.4 Å². The molecule has 0 aliphatic carbocycles. The van der Waals surface area contributed by atoms with Crippen LogP contribution in [0.5, 0.6) is 0 Å². The fraction of sp³-hybridized carbons (Fsp3) is 0.429. The van der Waals surface area contributed by atoms with Crippen molar-refractivity contribution < 1.29 is 19.4 Å². The molecule has 60 valence electrons. The van der Waals surface area contributed by atoms with Crippen LogP contribution in [0.1, 0.15) is 12.8 Å². The van der Waals surface area contributed by atoms with Gasteiger partial charge in [0.15, 0.2) is 0 Å². The number of hydrogen-bond donors (Lipinski definition) is 1. The first-order valence-electron chi connectivity index (χ1n) is 3.28. The highest BCUT2D eigenvalue weighted by Gasteiger charge is 2.16. The van der Waals surface area contributed by atoms with Crippen LogP contribution in [0.4, 0.5) is 0 Å². The van der Waals surface area contributed by atoms with Gasteiger partial charge in [-0.2, -0.15) is 0 Å². The number of carbonyl (C=O) groups excluding carboxylic acids is 1. The first kappa shape index (κ1) is 7.78. The minimum Gasteiger partial charge on any atom is -0.481 e. The van der Waals surface area contributed by atoms with E-state index in [9.17, 15) is 9.59 Å². The summed E-state index contributed by atoms with van der Waals surface area (Å²) < 4.78 is 4.57. The molecule has 0 bridgehead atoms. The summed E-state index contributed by atoms with van der Waals surface area (Å²) in [4.78, 5) is 20.8. The van der Waals surface area contributed by atoms with Crippen LogP contribution in [0.25, 0.3) is 0 Å².